The summed E-state index contributed by atoms with van der Waals surface area (Å²) in [5.74, 6) is -3.28. The van der Waals surface area contributed by atoms with E-state index in [1.165, 1.54) is 25.1 Å². The summed E-state index contributed by atoms with van der Waals surface area (Å²) in [5, 5.41) is 10.8. The second kappa shape index (κ2) is 6.17. The Bertz CT molecular complexity index is 892. The molecule has 23 heavy (non-hydrogen) atoms. The van der Waals surface area contributed by atoms with Crippen molar-refractivity contribution in [3.63, 3.8) is 0 Å². The van der Waals surface area contributed by atoms with Crippen LogP contribution in [-0.2, 0) is 10.0 Å². The molecule has 2 aromatic rings. The summed E-state index contributed by atoms with van der Waals surface area (Å²) < 4.78 is 40.1. The predicted molar refractivity (Wildman–Crippen MR) is 78.0 cm³/mol. The first kappa shape index (κ1) is 16.6. The van der Waals surface area contributed by atoms with Crippen LogP contribution in [0.1, 0.15) is 27.6 Å². The topological polar surface area (TPSA) is 103 Å². The van der Waals surface area contributed by atoms with Gasteiger partial charge in [0.2, 0.25) is 0 Å². The van der Waals surface area contributed by atoms with Crippen LogP contribution >= 0.6 is 0 Å². The number of anilines is 1. The van der Waals surface area contributed by atoms with Gasteiger partial charge in [0.15, 0.2) is 5.78 Å². The van der Waals surface area contributed by atoms with Crippen molar-refractivity contribution in [3.05, 3.63) is 59.4 Å². The molecule has 0 atom stereocenters. The Balaban J connectivity index is 2.47. The molecular weight excluding hydrogens is 325 g/mol. The van der Waals surface area contributed by atoms with E-state index in [4.69, 9.17) is 0 Å². The van der Waals surface area contributed by atoms with Crippen LogP contribution < -0.4 is 9.83 Å². The largest absolute Gasteiger partial charge is 0.545 e. The molecule has 0 amide bonds. The van der Waals surface area contributed by atoms with Gasteiger partial charge >= 0.3 is 0 Å². The summed E-state index contributed by atoms with van der Waals surface area (Å²) >= 11 is 0. The van der Waals surface area contributed by atoms with Gasteiger partial charge in [0, 0.05) is 11.1 Å². The van der Waals surface area contributed by atoms with Gasteiger partial charge in [0.25, 0.3) is 10.0 Å². The number of rotatable bonds is 5. The molecule has 0 aliphatic heterocycles. The number of ketones is 1. The van der Waals surface area contributed by atoms with E-state index in [2.05, 4.69) is 4.72 Å². The minimum absolute atomic E-state index is 0.0410. The molecule has 0 fully saturated rings. The van der Waals surface area contributed by atoms with Crippen LogP contribution in [0.3, 0.4) is 0 Å². The van der Waals surface area contributed by atoms with Crippen LogP contribution in [0.15, 0.2) is 47.4 Å². The second-order valence-corrected chi connectivity index (χ2v) is 6.32. The maximum atomic E-state index is 13.3. The van der Waals surface area contributed by atoms with Crippen molar-refractivity contribution in [1.29, 1.82) is 0 Å². The molecule has 0 bridgehead atoms. The Kier molecular flexibility index (Phi) is 4.46. The van der Waals surface area contributed by atoms with Crippen molar-refractivity contribution in [2.45, 2.75) is 11.8 Å². The molecule has 0 unspecified atom stereocenters. The number of hydrogen-bond acceptors (Lipinski definition) is 5. The van der Waals surface area contributed by atoms with E-state index < -0.39 is 32.3 Å². The Morgan fingerprint density at radius 1 is 1.09 bits per heavy atom. The van der Waals surface area contributed by atoms with Gasteiger partial charge in [-0.1, -0.05) is 12.1 Å². The molecule has 6 nitrogen and oxygen atoms in total. The molecule has 1 N–H and O–H groups in total. The smallest absolute Gasteiger partial charge is 0.261 e. The van der Waals surface area contributed by atoms with E-state index >= 15 is 0 Å². The van der Waals surface area contributed by atoms with Crippen LogP contribution in [0.4, 0.5) is 10.1 Å². The molecular formula is C15H11FNO5S-. The fourth-order valence-electron chi connectivity index (χ4n) is 1.91. The van der Waals surface area contributed by atoms with Crippen molar-refractivity contribution < 1.29 is 27.5 Å². The molecule has 0 heterocycles. The van der Waals surface area contributed by atoms with Gasteiger partial charge in [-0.05, 0) is 37.3 Å². The second-order valence-electron chi connectivity index (χ2n) is 4.64. The third-order valence-corrected chi connectivity index (χ3v) is 4.38. The fourth-order valence-corrected chi connectivity index (χ4v) is 3.02. The van der Waals surface area contributed by atoms with E-state index in [9.17, 15) is 27.5 Å². The third-order valence-electron chi connectivity index (χ3n) is 3.02. The highest BCUT2D eigenvalue weighted by molar-refractivity contribution is 7.92. The SMILES string of the molecule is CC(=O)c1ccccc1NS(=O)(=O)c1ccc(F)c(C(=O)[O-])c1. The number of sulfonamides is 1. The highest BCUT2D eigenvalue weighted by atomic mass is 32.2. The first-order valence-corrected chi connectivity index (χ1v) is 7.84. The fraction of sp³-hybridized carbons (Fsp3) is 0.0667. The number of hydrogen-bond donors (Lipinski definition) is 1. The first-order chi connectivity index (χ1) is 10.7. The lowest BCUT2D eigenvalue weighted by Crippen LogP contribution is -2.24. The van der Waals surface area contributed by atoms with E-state index in [-0.39, 0.29) is 17.0 Å². The zero-order valence-corrected chi connectivity index (χ0v) is 12.7. The number of Topliss-reactive ketones (excluding diaryl/α,β-unsaturated/α-hetero) is 1. The van der Waals surface area contributed by atoms with Gasteiger partial charge in [-0.2, -0.15) is 0 Å². The highest BCUT2D eigenvalue weighted by Crippen LogP contribution is 2.22. The average Bonchev–Trinajstić information content (AvgIpc) is 2.47. The van der Waals surface area contributed by atoms with Crippen LogP contribution in [-0.4, -0.2) is 20.2 Å². The molecule has 0 spiro atoms. The summed E-state index contributed by atoms with van der Waals surface area (Å²) in [7, 11) is -4.20. The molecule has 2 rings (SSSR count). The molecule has 0 radical (unpaired) electrons. The van der Waals surface area contributed by atoms with Crippen molar-refractivity contribution in [3.8, 4) is 0 Å². The zero-order chi connectivity index (χ0) is 17.2. The number of halogens is 1. The summed E-state index contributed by atoms with van der Waals surface area (Å²) in [6.45, 7) is 1.28. The van der Waals surface area contributed by atoms with Crippen LogP contribution in [0.2, 0.25) is 0 Å². The molecule has 2 aromatic carbocycles. The number of carbonyl (C=O) groups excluding carboxylic acids is 2. The summed E-state index contributed by atoms with van der Waals surface area (Å²) in [6.07, 6.45) is 0. The highest BCUT2D eigenvalue weighted by Gasteiger charge is 2.19. The van der Waals surface area contributed by atoms with Gasteiger partial charge in [-0.25, -0.2) is 12.8 Å². The van der Waals surface area contributed by atoms with Gasteiger partial charge in [-0.3, -0.25) is 9.52 Å². The van der Waals surface area contributed by atoms with Gasteiger partial charge < -0.3 is 9.90 Å². The maximum absolute atomic E-state index is 13.3. The minimum Gasteiger partial charge on any atom is -0.545 e. The van der Waals surface area contributed by atoms with Crippen molar-refractivity contribution in [2.75, 3.05) is 4.72 Å². The van der Waals surface area contributed by atoms with E-state index in [1.807, 2.05) is 0 Å². The lowest BCUT2D eigenvalue weighted by atomic mass is 10.1. The number of carboxylic acids is 1. The Morgan fingerprint density at radius 2 is 1.74 bits per heavy atom. The number of carbonyl (C=O) groups is 2. The number of carboxylic acid groups (broad SMARTS) is 1. The monoisotopic (exact) mass is 336 g/mol. The van der Waals surface area contributed by atoms with Crippen molar-refractivity contribution >= 4 is 27.5 Å². The number of nitrogens with one attached hydrogen (secondary N) is 1. The van der Waals surface area contributed by atoms with Gasteiger partial charge in [-0.15, -0.1) is 0 Å². The minimum atomic E-state index is -4.20. The van der Waals surface area contributed by atoms with E-state index in [0.29, 0.717) is 6.07 Å². The molecule has 0 saturated heterocycles. The Hall–Kier alpha value is -2.74. The lowest BCUT2D eigenvalue weighted by Gasteiger charge is -2.12. The van der Waals surface area contributed by atoms with Crippen LogP contribution in [0.25, 0.3) is 0 Å². The predicted octanol–water partition coefficient (Wildman–Crippen LogP) is 1.19. The van der Waals surface area contributed by atoms with Crippen LogP contribution in [0.5, 0.6) is 0 Å². The lowest BCUT2D eigenvalue weighted by molar-refractivity contribution is -0.255. The first-order valence-electron chi connectivity index (χ1n) is 6.36. The number of aromatic carboxylic acids is 1. The third kappa shape index (κ3) is 3.54. The standard InChI is InChI=1S/C15H12FNO5S/c1-9(18)11-4-2-3-5-14(11)17-23(21,22)10-6-7-13(16)12(8-10)15(19)20/h2-8,17H,1H3,(H,19,20)/p-1. The number of para-hydroxylation sites is 1. The number of benzene rings is 2. The van der Waals surface area contributed by atoms with Crippen molar-refractivity contribution in [1.82, 2.24) is 0 Å². The molecule has 0 aliphatic carbocycles. The molecule has 8 heteroatoms. The quantitative estimate of drug-likeness (QED) is 0.826. The van der Waals surface area contributed by atoms with Crippen molar-refractivity contribution in [2.24, 2.45) is 0 Å². The maximum Gasteiger partial charge on any atom is 0.261 e. The zero-order valence-electron chi connectivity index (χ0n) is 11.9. The Morgan fingerprint density at radius 3 is 2.35 bits per heavy atom. The van der Waals surface area contributed by atoms with E-state index in [0.717, 1.165) is 12.1 Å². The van der Waals surface area contributed by atoms with Gasteiger partial charge in [0.1, 0.15) is 5.82 Å². The molecule has 0 aromatic heterocycles. The average molecular weight is 336 g/mol. The summed E-state index contributed by atoms with van der Waals surface area (Å²) in [4.78, 5) is 21.8. The molecule has 0 saturated carbocycles. The summed E-state index contributed by atoms with van der Waals surface area (Å²) in [6, 6.07) is 8.22. The molecule has 120 valence electrons. The normalized spacial score (nSPS) is 11.0. The van der Waals surface area contributed by atoms with Gasteiger partial charge in [0.05, 0.1) is 16.6 Å². The molecule has 0 aliphatic rings. The Labute approximate surface area is 131 Å². The summed E-state index contributed by atoms with van der Waals surface area (Å²) in [5.41, 5.74) is -0.676. The van der Waals surface area contributed by atoms with Crippen LogP contribution in [0, 0.1) is 5.82 Å². The van der Waals surface area contributed by atoms with E-state index in [1.54, 1.807) is 6.07 Å².